The van der Waals surface area contributed by atoms with Gasteiger partial charge in [0, 0.05) is 32.5 Å². The van der Waals surface area contributed by atoms with Crippen molar-refractivity contribution in [2.45, 2.75) is 64.0 Å². The highest BCUT2D eigenvalue weighted by Gasteiger charge is 2.35. The molecule has 4 rings (SSSR count). The molecule has 0 radical (unpaired) electrons. The minimum Gasteiger partial charge on any atom is -0.375 e. The van der Waals surface area contributed by atoms with Gasteiger partial charge in [0.05, 0.1) is 23.8 Å². The van der Waals surface area contributed by atoms with Crippen molar-refractivity contribution in [2.75, 3.05) is 26.8 Å². The highest BCUT2D eigenvalue weighted by Crippen LogP contribution is 2.34. The van der Waals surface area contributed by atoms with Crippen LogP contribution in [0.1, 0.15) is 68.1 Å². The fourth-order valence-electron chi connectivity index (χ4n) is 4.92. The van der Waals surface area contributed by atoms with E-state index >= 15 is 0 Å². The molecule has 8 nitrogen and oxygen atoms in total. The zero-order valence-corrected chi connectivity index (χ0v) is 17.1. The second kappa shape index (κ2) is 8.65. The van der Waals surface area contributed by atoms with Crippen molar-refractivity contribution < 1.29 is 14.3 Å². The minimum absolute atomic E-state index is 0.0130. The van der Waals surface area contributed by atoms with Crippen LogP contribution in [-0.4, -0.2) is 58.4 Å². The lowest BCUT2D eigenvalue weighted by Crippen LogP contribution is -2.44. The second-order valence-corrected chi connectivity index (χ2v) is 8.40. The Bertz CT molecular complexity index is 830. The summed E-state index contributed by atoms with van der Waals surface area (Å²) >= 11 is 0. The van der Waals surface area contributed by atoms with Crippen LogP contribution in [0.4, 0.5) is 0 Å². The molecule has 3 heterocycles. The van der Waals surface area contributed by atoms with Gasteiger partial charge in [-0.05, 0) is 32.1 Å². The number of likely N-dealkylation sites (tertiary alicyclic amines) is 1. The molecular formula is C21H30N4O4. The van der Waals surface area contributed by atoms with Crippen LogP contribution in [0.2, 0.25) is 0 Å². The molecule has 2 amide bonds. The number of amides is 2. The first-order valence-corrected chi connectivity index (χ1v) is 10.8. The number of rotatable bonds is 4. The lowest BCUT2D eigenvalue weighted by molar-refractivity contribution is -0.139. The van der Waals surface area contributed by atoms with E-state index in [0.717, 1.165) is 57.2 Å². The average molecular weight is 402 g/mol. The van der Waals surface area contributed by atoms with Gasteiger partial charge in [-0.1, -0.05) is 12.8 Å². The van der Waals surface area contributed by atoms with Gasteiger partial charge in [0.2, 0.25) is 11.8 Å². The van der Waals surface area contributed by atoms with Crippen LogP contribution >= 0.6 is 0 Å². The maximum absolute atomic E-state index is 13.1. The van der Waals surface area contributed by atoms with Gasteiger partial charge in [0.15, 0.2) is 0 Å². The molecule has 29 heavy (non-hydrogen) atoms. The Morgan fingerprint density at radius 2 is 1.90 bits per heavy atom. The summed E-state index contributed by atoms with van der Waals surface area (Å²) in [5, 5.41) is 0. The van der Waals surface area contributed by atoms with Crippen LogP contribution in [0.25, 0.3) is 0 Å². The molecule has 0 bridgehead atoms. The predicted octanol–water partition coefficient (Wildman–Crippen LogP) is 1.54. The number of methoxy groups -OCH3 is 1. The van der Waals surface area contributed by atoms with Crippen LogP contribution in [0.15, 0.2) is 4.79 Å². The number of H-pyrrole nitrogens is 1. The van der Waals surface area contributed by atoms with E-state index in [2.05, 4.69) is 4.98 Å². The van der Waals surface area contributed by atoms with Crippen molar-refractivity contribution in [3.63, 3.8) is 0 Å². The molecule has 1 saturated carbocycles. The second-order valence-electron chi connectivity index (χ2n) is 8.40. The molecule has 1 saturated heterocycles. The summed E-state index contributed by atoms with van der Waals surface area (Å²) in [5.74, 6) is 0.836. The van der Waals surface area contributed by atoms with E-state index < -0.39 is 0 Å². The number of fused-ring (bicyclic) bond motifs is 1. The first-order valence-electron chi connectivity index (χ1n) is 10.8. The van der Waals surface area contributed by atoms with E-state index in [1.165, 1.54) is 7.11 Å². The molecule has 8 heteroatoms. The molecule has 1 atom stereocenters. The molecule has 0 aromatic carbocycles. The fraction of sp³-hybridized carbons (Fsp3) is 0.714. The SMILES string of the molecule is COCC(=O)N1CCc2nc([C@H]3CCCCN3C(=O)C3CCCC3)[nH]c(=O)c2C1. The molecule has 0 unspecified atom stereocenters. The topological polar surface area (TPSA) is 95.6 Å². The third-order valence-corrected chi connectivity index (χ3v) is 6.51. The lowest BCUT2D eigenvalue weighted by atomic mass is 9.97. The van der Waals surface area contributed by atoms with Crippen LogP contribution in [-0.2, 0) is 27.3 Å². The van der Waals surface area contributed by atoms with Crippen molar-refractivity contribution in [1.29, 1.82) is 0 Å². The van der Waals surface area contributed by atoms with Crippen molar-refractivity contribution in [3.8, 4) is 0 Å². The van der Waals surface area contributed by atoms with Crippen LogP contribution < -0.4 is 5.56 Å². The van der Waals surface area contributed by atoms with Gasteiger partial charge >= 0.3 is 0 Å². The Hall–Kier alpha value is -2.22. The zero-order chi connectivity index (χ0) is 20.4. The number of carbonyl (C=O) groups is 2. The van der Waals surface area contributed by atoms with Gasteiger partial charge in [-0.3, -0.25) is 14.4 Å². The summed E-state index contributed by atoms with van der Waals surface area (Å²) in [4.78, 5) is 49.3. The third-order valence-electron chi connectivity index (χ3n) is 6.51. The average Bonchev–Trinajstić information content (AvgIpc) is 3.28. The van der Waals surface area contributed by atoms with E-state index in [4.69, 9.17) is 9.72 Å². The van der Waals surface area contributed by atoms with Gasteiger partial charge in [0.25, 0.3) is 5.56 Å². The summed E-state index contributed by atoms with van der Waals surface area (Å²) in [6.45, 7) is 1.54. The Morgan fingerprint density at radius 1 is 1.14 bits per heavy atom. The first-order chi connectivity index (χ1) is 14.1. The van der Waals surface area contributed by atoms with Crippen molar-refractivity contribution >= 4 is 11.8 Å². The van der Waals surface area contributed by atoms with E-state index in [9.17, 15) is 14.4 Å². The number of hydrogen-bond acceptors (Lipinski definition) is 5. The van der Waals surface area contributed by atoms with Gasteiger partial charge < -0.3 is 19.5 Å². The summed E-state index contributed by atoms with van der Waals surface area (Å²) < 4.78 is 4.92. The number of piperidine rings is 1. The van der Waals surface area contributed by atoms with Gasteiger partial charge in [-0.2, -0.15) is 0 Å². The lowest BCUT2D eigenvalue weighted by Gasteiger charge is -2.37. The smallest absolute Gasteiger partial charge is 0.256 e. The maximum atomic E-state index is 13.1. The van der Waals surface area contributed by atoms with Crippen molar-refractivity contribution in [1.82, 2.24) is 19.8 Å². The maximum Gasteiger partial charge on any atom is 0.256 e. The Balaban J connectivity index is 1.57. The minimum atomic E-state index is -0.196. The van der Waals surface area contributed by atoms with E-state index in [0.29, 0.717) is 24.4 Å². The Labute approximate surface area is 170 Å². The van der Waals surface area contributed by atoms with Crippen LogP contribution in [0.3, 0.4) is 0 Å². The third kappa shape index (κ3) is 4.08. The van der Waals surface area contributed by atoms with Crippen LogP contribution in [0, 0.1) is 5.92 Å². The largest absolute Gasteiger partial charge is 0.375 e. The molecule has 1 aromatic rings. The highest BCUT2D eigenvalue weighted by molar-refractivity contribution is 5.79. The molecule has 2 aliphatic heterocycles. The van der Waals surface area contributed by atoms with E-state index in [1.54, 1.807) is 4.90 Å². The molecule has 1 aromatic heterocycles. The number of nitrogens with one attached hydrogen (secondary N) is 1. The number of nitrogens with zero attached hydrogens (tertiary/aromatic N) is 3. The molecule has 3 aliphatic rings. The number of aromatic nitrogens is 2. The van der Waals surface area contributed by atoms with Gasteiger partial charge in [-0.15, -0.1) is 0 Å². The highest BCUT2D eigenvalue weighted by atomic mass is 16.5. The first kappa shape index (κ1) is 20.1. The van der Waals surface area contributed by atoms with Crippen molar-refractivity contribution in [2.24, 2.45) is 5.92 Å². The van der Waals surface area contributed by atoms with Gasteiger partial charge in [0.1, 0.15) is 12.4 Å². The predicted molar refractivity (Wildman–Crippen MR) is 106 cm³/mol. The van der Waals surface area contributed by atoms with Gasteiger partial charge in [-0.25, -0.2) is 4.98 Å². The number of aromatic amines is 1. The summed E-state index contributed by atoms with van der Waals surface area (Å²) in [7, 11) is 1.49. The molecular weight excluding hydrogens is 372 g/mol. The molecule has 1 aliphatic carbocycles. The quantitative estimate of drug-likeness (QED) is 0.824. The summed E-state index contributed by atoms with van der Waals surface area (Å²) in [6, 6.07) is -0.150. The van der Waals surface area contributed by atoms with Crippen molar-refractivity contribution in [3.05, 3.63) is 27.4 Å². The van der Waals surface area contributed by atoms with E-state index in [-0.39, 0.29) is 42.5 Å². The normalized spacial score (nSPS) is 22.6. The zero-order valence-electron chi connectivity index (χ0n) is 17.1. The number of carbonyl (C=O) groups excluding carboxylic acids is 2. The molecule has 1 N–H and O–H groups in total. The molecule has 158 valence electrons. The fourth-order valence-corrected chi connectivity index (χ4v) is 4.92. The number of ether oxygens (including phenoxy) is 1. The standard InChI is InChI=1S/C21H30N4O4/c1-29-13-18(26)24-11-9-16-15(12-24)20(27)23-19(22-16)17-8-4-5-10-25(17)21(28)14-6-2-3-7-14/h14,17H,2-13H2,1H3,(H,22,23,27)/t17-/m1/s1. The summed E-state index contributed by atoms with van der Waals surface area (Å²) in [5.41, 5.74) is 1.11. The monoisotopic (exact) mass is 402 g/mol. The molecule has 2 fully saturated rings. The summed E-state index contributed by atoms with van der Waals surface area (Å²) in [6.07, 6.45) is 7.61. The Morgan fingerprint density at radius 3 is 2.66 bits per heavy atom. The molecule has 0 spiro atoms. The van der Waals surface area contributed by atoms with Crippen LogP contribution in [0.5, 0.6) is 0 Å². The number of hydrogen-bond donors (Lipinski definition) is 1. The van der Waals surface area contributed by atoms with E-state index in [1.807, 2.05) is 4.90 Å². The Kier molecular flexibility index (Phi) is 5.99.